The molecule has 1 aliphatic carbocycles. The summed E-state index contributed by atoms with van der Waals surface area (Å²) in [5, 5.41) is 0.309. The van der Waals surface area contributed by atoms with E-state index in [2.05, 4.69) is 4.37 Å². The summed E-state index contributed by atoms with van der Waals surface area (Å²) in [6.07, 6.45) is 1.42. The van der Waals surface area contributed by atoms with Gasteiger partial charge in [-0.15, -0.1) is 11.3 Å². The fourth-order valence-electron chi connectivity index (χ4n) is 2.08. The zero-order valence-electron chi connectivity index (χ0n) is 11.2. The van der Waals surface area contributed by atoms with Gasteiger partial charge in [0.1, 0.15) is 9.90 Å². The molecule has 1 fully saturated rings. The number of sulfone groups is 1. The summed E-state index contributed by atoms with van der Waals surface area (Å²) in [6.45, 7) is 0.576. The molecule has 0 aromatic carbocycles. The average molecular weight is 364 g/mol. The van der Waals surface area contributed by atoms with E-state index in [1.54, 1.807) is 0 Å². The maximum atomic E-state index is 12.5. The van der Waals surface area contributed by atoms with E-state index >= 15 is 0 Å². The lowest BCUT2D eigenvalue weighted by Gasteiger charge is -2.17. The van der Waals surface area contributed by atoms with Crippen molar-refractivity contribution in [3.8, 4) is 0 Å². The number of thiophene rings is 1. The fraction of sp³-hybridized carbons (Fsp3) is 0.417. The first kappa shape index (κ1) is 15.1. The molecule has 2 aromatic rings. The summed E-state index contributed by atoms with van der Waals surface area (Å²) in [5.41, 5.74) is 5.80. The van der Waals surface area contributed by atoms with Crippen LogP contribution in [0.2, 0.25) is 4.34 Å². The van der Waals surface area contributed by atoms with E-state index in [1.165, 1.54) is 11.3 Å². The minimum Gasteiger partial charge on any atom is -0.382 e. The molecule has 2 aromatic heterocycles. The van der Waals surface area contributed by atoms with Gasteiger partial charge in [0.25, 0.3) is 0 Å². The third kappa shape index (κ3) is 2.90. The molecule has 0 atom stereocenters. The number of nitrogen functional groups attached to an aromatic ring is 1. The van der Waals surface area contributed by atoms with Crippen LogP contribution in [0.3, 0.4) is 0 Å². The quantitative estimate of drug-likeness (QED) is 0.883. The Bertz CT molecular complexity index is 765. The van der Waals surface area contributed by atoms with Crippen molar-refractivity contribution in [1.29, 1.82) is 0 Å². The lowest BCUT2D eigenvalue weighted by Crippen LogP contribution is -2.19. The highest BCUT2D eigenvalue weighted by Gasteiger charge is 2.41. The summed E-state index contributed by atoms with van der Waals surface area (Å²) >= 11 is 8.52. The monoisotopic (exact) mass is 363 g/mol. The topological polar surface area (TPSA) is 76.3 Å². The lowest BCUT2D eigenvalue weighted by molar-refractivity contribution is 0.595. The minimum atomic E-state index is -3.36. The maximum absolute atomic E-state index is 12.5. The van der Waals surface area contributed by atoms with Gasteiger partial charge in [0.2, 0.25) is 0 Å². The Hall–Kier alpha value is -0.830. The maximum Gasteiger partial charge on any atom is 0.187 e. The van der Waals surface area contributed by atoms with Crippen molar-refractivity contribution >= 4 is 55.1 Å². The van der Waals surface area contributed by atoms with E-state index in [4.69, 9.17) is 17.3 Å². The third-order valence-electron chi connectivity index (χ3n) is 3.27. The molecule has 9 heteroatoms. The Labute approximate surface area is 136 Å². The highest BCUT2D eigenvalue weighted by molar-refractivity contribution is 7.92. The van der Waals surface area contributed by atoms with Gasteiger partial charge in [0.15, 0.2) is 15.7 Å². The summed E-state index contributed by atoms with van der Waals surface area (Å²) in [5.74, 6) is 0.109. The molecule has 0 bridgehead atoms. The highest BCUT2D eigenvalue weighted by atomic mass is 35.5. The summed E-state index contributed by atoms with van der Waals surface area (Å²) in [6, 6.07) is 3.77. The predicted molar refractivity (Wildman–Crippen MR) is 88.2 cm³/mol. The fourth-order valence-corrected chi connectivity index (χ4v) is 6.24. The number of aromatic nitrogens is 1. The number of anilines is 2. The van der Waals surface area contributed by atoms with Crippen LogP contribution >= 0.6 is 34.5 Å². The van der Waals surface area contributed by atoms with E-state index < -0.39 is 9.84 Å². The second-order valence-electron chi connectivity index (χ2n) is 5.01. The van der Waals surface area contributed by atoms with Crippen molar-refractivity contribution in [2.24, 2.45) is 0 Å². The number of hydrogen-bond donors (Lipinski definition) is 1. The number of rotatable bonds is 5. The molecule has 1 aliphatic rings. The Morgan fingerprint density at radius 1 is 1.48 bits per heavy atom. The smallest absolute Gasteiger partial charge is 0.187 e. The van der Waals surface area contributed by atoms with E-state index in [1.807, 2.05) is 24.1 Å². The molecule has 0 spiro atoms. The van der Waals surface area contributed by atoms with Crippen LogP contribution in [0.5, 0.6) is 0 Å². The Kier molecular flexibility index (Phi) is 3.89. The van der Waals surface area contributed by atoms with E-state index in [9.17, 15) is 8.42 Å². The molecule has 2 N–H and O–H groups in total. The zero-order valence-corrected chi connectivity index (χ0v) is 14.4. The van der Waals surface area contributed by atoms with Gasteiger partial charge >= 0.3 is 0 Å². The van der Waals surface area contributed by atoms with Gasteiger partial charge in [-0.2, -0.15) is 4.37 Å². The van der Waals surface area contributed by atoms with Crippen LogP contribution < -0.4 is 10.6 Å². The van der Waals surface area contributed by atoms with Crippen LogP contribution in [0.25, 0.3) is 0 Å². The Morgan fingerprint density at radius 2 is 2.19 bits per heavy atom. The second kappa shape index (κ2) is 5.42. The molecule has 1 saturated carbocycles. The second-order valence-corrected chi connectivity index (χ2v) is 9.72. The van der Waals surface area contributed by atoms with Gasteiger partial charge in [-0.25, -0.2) is 8.42 Å². The van der Waals surface area contributed by atoms with E-state index in [0.29, 0.717) is 28.7 Å². The van der Waals surface area contributed by atoms with E-state index in [0.717, 1.165) is 16.4 Å². The summed E-state index contributed by atoms with van der Waals surface area (Å²) < 4.78 is 29.8. The van der Waals surface area contributed by atoms with Crippen molar-refractivity contribution in [2.75, 3.05) is 17.7 Å². The van der Waals surface area contributed by atoms with Crippen molar-refractivity contribution in [3.05, 3.63) is 21.3 Å². The van der Waals surface area contributed by atoms with Crippen molar-refractivity contribution < 1.29 is 8.42 Å². The zero-order chi connectivity index (χ0) is 15.2. The van der Waals surface area contributed by atoms with E-state index in [-0.39, 0.29) is 16.0 Å². The molecule has 0 amide bonds. The van der Waals surface area contributed by atoms with Gasteiger partial charge < -0.3 is 10.6 Å². The Balaban J connectivity index is 1.92. The first-order chi connectivity index (χ1) is 9.89. The van der Waals surface area contributed by atoms with Gasteiger partial charge in [0, 0.05) is 11.9 Å². The van der Waals surface area contributed by atoms with Crippen LogP contribution in [0.1, 0.15) is 17.7 Å². The predicted octanol–water partition coefficient (Wildman–Crippen LogP) is 3.01. The van der Waals surface area contributed by atoms with Crippen LogP contribution in [-0.2, 0) is 16.4 Å². The Morgan fingerprint density at radius 3 is 2.76 bits per heavy atom. The first-order valence-electron chi connectivity index (χ1n) is 6.34. The molecule has 114 valence electrons. The number of hydrogen-bond acceptors (Lipinski definition) is 7. The van der Waals surface area contributed by atoms with Crippen molar-refractivity contribution in [2.45, 2.75) is 29.5 Å². The molecular weight excluding hydrogens is 350 g/mol. The van der Waals surface area contributed by atoms with Crippen molar-refractivity contribution in [1.82, 2.24) is 4.37 Å². The summed E-state index contributed by atoms with van der Waals surface area (Å²) in [4.78, 5) is 3.12. The van der Waals surface area contributed by atoms with Crippen LogP contribution in [0.15, 0.2) is 17.0 Å². The minimum absolute atomic E-state index is 0.109. The first-order valence-corrected chi connectivity index (χ1v) is 9.85. The van der Waals surface area contributed by atoms with Crippen LogP contribution in [-0.4, -0.2) is 25.1 Å². The van der Waals surface area contributed by atoms with Gasteiger partial charge in [0.05, 0.1) is 16.1 Å². The van der Waals surface area contributed by atoms with Gasteiger partial charge in [-0.05, 0) is 36.5 Å². The molecule has 0 saturated heterocycles. The molecule has 5 nitrogen and oxygen atoms in total. The summed E-state index contributed by atoms with van der Waals surface area (Å²) in [7, 11) is -1.52. The third-order valence-corrected chi connectivity index (χ3v) is 7.92. The average Bonchev–Trinajstić information content (AvgIpc) is 3.09. The molecule has 2 heterocycles. The number of halogens is 1. The molecule has 21 heavy (non-hydrogen) atoms. The molecule has 0 aliphatic heterocycles. The highest BCUT2D eigenvalue weighted by Crippen LogP contribution is 2.42. The standard InChI is InChI=1S/C12H14ClN3O2S3/c1-16(6-7-2-5-9(13)19-7)12-10(11(14)15-20-12)21(17,18)8-3-4-8/h2,5,8H,3-4,6H2,1H3,(H2,14,15). The number of nitrogens with zero attached hydrogens (tertiary/aromatic N) is 2. The lowest BCUT2D eigenvalue weighted by atomic mass is 10.4. The van der Waals surface area contributed by atoms with Gasteiger partial charge in [-0.1, -0.05) is 11.6 Å². The van der Waals surface area contributed by atoms with Crippen molar-refractivity contribution in [3.63, 3.8) is 0 Å². The molecule has 3 rings (SSSR count). The largest absolute Gasteiger partial charge is 0.382 e. The molecule has 0 radical (unpaired) electrons. The SMILES string of the molecule is CN(Cc1ccc(Cl)s1)c1snc(N)c1S(=O)(=O)C1CC1. The van der Waals surface area contributed by atoms with Gasteiger partial charge in [-0.3, -0.25) is 0 Å². The normalized spacial score (nSPS) is 15.3. The van der Waals surface area contributed by atoms with Crippen LogP contribution in [0.4, 0.5) is 10.8 Å². The van der Waals surface area contributed by atoms with Crippen LogP contribution in [0, 0.1) is 0 Å². The number of nitrogens with two attached hydrogens (primary N) is 1. The molecule has 0 unspecified atom stereocenters. The molecular formula is C12H14ClN3O2S3.